The van der Waals surface area contributed by atoms with Crippen LogP contribution in [-0.4, -0.2) is 12.4 Å². The third-order valence-electron chi connectivity index (χ3n) is 2.13. The van der Waals surface area contributed by atoms with Gasteiger partial charge >= 0.3 is 0 Å². The summed E-state index contributed by atoms with van der Waals surface area (Å²) in [6.45, 7) is 6.88. The van der Waals surface area contributed by atoms with E-state index in [9.17, 15) is 0 Å². The van der Waals surface area contributed by atoms with E-state index in [1.807, 2.05) is 25.1 Å². The van der Waals surface area contributed by atoms with Crippen molar-refractivity contribution in [1.82, 2.24) is 0 Å². The van der Waals surface area contributed by atoms with Crippen molar-refractivity contribution in [2.75, 3.05) is 12.4 Å². The summed E-state index contributed by atoms with van der Waals surface area (Å²) in [6, 6.07) is 5.79. The highest BCUT2D eigenvalue weighted by Gasteiger charge is 2.17. The van der Waals surface area contributed by atoms with E-state index in [2.05, 4.69) is 26.5 Å². The van der Waals surface area contributed by atoms with Gasteiger partial charge in [-0.25, -0.2) is 0 Å². The van der Waals surface area contributed by atoms with E-state index in [-0.39, 0.29) is 5.41 Å². The fourth-order valence-electron chi connectivity index (χ4n) is 1.04. The zero-order valence-corrected chi connectivity index (χ0v) is 11.0. The first-order valence-electron chi connectivity index (χ1n) is 4.94. The molecule has 0 aliphatic carbocycles. The van der Waals surface area contributed by atoms with Crippen molar-refractivity contribution in [2.45, 2.75) is 20.8 Å². The summed E-state index contributed by atoms with van der Waals surface area (Å²) in [7, 11) is 0. The molecule has 84 valence electrons. The Hall–Kier alpha value is -0.340. The monoisotopic (exact) mass is 244 g/mol. The van der Waals surface area contributed by atoms with E-state index in [1.54, 1.807) is 0 Å². The summed E-state index contributed by atoms with van der Waals surface area (Å²) < 4.78 is 5.69. The Morgan fingerprint density at radius 1 is 1.40 bits per heavy atom. The standard InChI is InChI=1S/C12H17ClOS/c1-9-4-5-10(13)11(6-9)14-7-12(2,3)8-15/h4-6,15H,7-8H2,1-3H3. The van der Waals surface area contributed by atoms with Gasteiger partial charge in [-0.05, 0) is 30.4 Å². The van der Waals surface area contributed by atoms with Gasteiger partial charge in [0.25, 0.3) is 0 Å². The third kappa shape index (κ3) is 3.96. The predicted octanol–water partition coefficient (Wildman–Crippen LogP) is 3.98. The molecule has 0 atom stereocenters. The van der Waals surface area contributed by atoms with Gasteiger partial charge < -0.3 is 4.74 Å². The molecule has 0 aliphatic rings. The Morgan fingerprint density at radius 2 is 2.07 bits per heavy atom. The molecule has 0 radical (unpaired) electrons. The molecule has 0 saturated carbocycles. The van der Waals surface area contributed by atoms with Gasteiger partial charge in [-0.1, -0.05) is 31.5 Å². The van der Waals surface area contributed by atoms with Crippen LogP contribution in [-0.2, 0) is 0 Å². The van der Waals surface area contributed by atoms with Crippen molar-refractivity contribution >= 4 is 24.2 Å². The van der Waals surface area contributed by atoms with Crippen LogP contribution in [0.4, 0.5) is 0 Å². The van der Waals surface area contributed by atoms with Crippen LogP contribution in [0.1, 0.15) is 19.4 Å². The lowest BCUT2D eigenvalue weighted by Crippen LogP contribution is -2.23. The molecule has 0 heterocycles. The molecule has 3 heteroatoms. The van der Waals surface area contributed by atoms with Crippen LogP contribution in [0.5, 0.6) is 5.75 Å². The van der Waals surface area contributed by atoms with Crippen LogP contribution in [0, 0.1) is 12.3 Å². The maximum atomic E-state index is 6.02. The number of benzene rings is 1. The topological polar surface area (TPSA) is 9.23 Å². The van der Waals surface area contributed by atoms with Gasteiger partial charge in [0, 0.05) is 5.41 Å². The molecular formula is C12H17ClOS. The van der Waals surface area contributed by atoms with Gasteiger partial charge in [-0.3, -0.25) is 0 Å². The first-order chi connectivity index (χ1) is 6.94. The van der Waals surface area contributed by atoms with E-state index < -0.39 is 0 Å². The summed E-state index contributed by atoms with van der Waals surface area (Å²) in [5.41, 5.74) is 1.22. The van der Waals surface area contributed by atoms with Gasteiger partial charge in [-0.15, -0.1) is 0 Å². The second kappa shape index (κ2) is 5.13. The molecule has 0 aliphatic heterocycles. The van der Waals surface area contributed by atoms with Crippen molar-refractivity contribution in [3.05, 3.63) is 28.8 Å². The highest BCUT2D eigenvalue weighted by molar-refractivity contribution is 7.80. The predicted molar refractivity (Wildman–Crippen MR) is 69.3 cm³/mol. The first-order valence-corrected chi connectivity index (χ1v) is 5.95. The van der Waals surface area contributed by atoms with E-state index in [1.165, 1.54) is 0 Å². The molecule has 1 aromatic rings. The average molecular weight is 245 g/mol. The van der Waals surface area contributed by atoms with E-state index in [0.29, 0.717) is 11.6 Å². The zero-order chi connectivity index (χ0) is 11.5. The maximum absolute atomic E-state index is 6.02. The van der Waals surface area contributed by atoms with Crippen molar-refractivity contribution in [3.8, 4) is 5.75 Å². The van der Waals surface area contributed by atoms with Gasteiger partial charge in [0.15, 0.2) is 0 Å². The number of halogens is 1. The van der Waals surface area contributed by atoms with Crippen molar-refractivity contribution < 1.29 is 4.74 Å². The maximum Gasteiger partial charge on any atom is 0.138 e. The highest BCUT2D eigenvalue weighted by Crippen LogP contribution is 2.27. The quantitative estimate of drug-likeness (QED) is 0.789. The smallest absolute Gasteiger partial charge is 0.138 e. The largest absolute Gasteiger partial charge is 0.491 e. The van der Waals surface area contributed by atoms with Gasteiger partial charge in [0.05, 0.1) is 11.6 Å². The number of hydrogen-bond acceptors (Lipinski definition) is 2. The molecule has 0 bridgehead atoms. The van der Waals surface area contributed by atoms with E-state index in [0.717, 1.165) is 17.1 Å². The molecule has 0 fully saturated rings. The van der Waals surface area contributed by atoms with Crippen LogP contribution in [0.2, 0.25) is 5.02 Å². The lowest BCUT2D eigenvalue weighted by Gasteiger charge is -2.22. The molecule has 1 aromatic carbocycles. The van der Waals surface area contributed by atoms with Crippen LogP contribution < -0.4 is 4.74 Å². The van der Waals surface area contributed by atoms with E-state index >= 15 is 0 Å². The van der Waals surface area contributed by atoms with Crippen molar-refractivity contribution in [2.24, 2.45) is 5.41 Å². The summed E-state index contributed by atoms with van der Waals surface area (Å²) in [5, 5.41) is 0.663. The minimum absolute atomic E-state index is 0.0657. The Balaban J connectivity index is 2.69. The lowest BCUT2D eigenvalue weighted by atomic mass is 9.98. The summed E-state index contributed by atoms with van der Waals surface area (Å²) >= 11 is 10.3. The number of hydrogen-bond donors (Lipinski definition) is 1. The van der Waals surface area contributed by atoms with Gasteiger partial charge in [-0.2, -0.15) is 12.6 Å². The second-order valence-corrected chi connectivity index (χ2v) is 5.27. The minimum atomic E-state index is 0.0657. The van der Waals surface area contributed by atoms with Crippen LogP contribution in [0.25, 0.3) is 0 Å². The van der Waals surface area contributed by atoms with Crippen LogP contribution in [0.3, 0.4) is 0 Å². The molecule has 1 nitrogen and oxygen atoms in total. The highest BCUT2D eigenvalue weighted by atomic mass is 35.5. The number of aryl methyl sites for hydroxylation is 1. The van der Waals surface area contributed by atoms with Gasteiger partial charge in [0.2, 0.25) is 0 Å². The second-order valence-electron chi connectivity index (χ2n) is 4.54. The zero-order valence-electron chi connectivity index (χ0n) is 9.38. The van der Waals surface area contributed by atoms with Gasteiger partial charge in [0.1, 0.15) is 5.75 Å². The third-order valence-corrected chi connectivity index (χ3v) is 3.30. The fourth-order valence-corrected chi connectivity index (χ4v) is 1.30. The van der Waals surface area contributed by atoms with Crippen LogP contribution >= 0.6 is 24.2 Å². The Morgan fingerprint density at radius 3 is 2.67 bits per heavy atom. The van der Waals surface area contributed by atoms with E-state index in [4.69, 9.17) is 16.3 Å². The normalized spacial score (nSPS) is 11.5. The SMILES string of the molecule is Cc1ccc(Cl)c(OCC(C)(C)CS)c1. The average Bonchev–Trinajstić information content (AvgIpc) is 2.20. The lowest BCUT2D eigenvalue weighted by molar-refractivity contribution is 0.202. The molecule has 0 saturated heterocycles. The minimum Gasteiger partial charge on any atom is -0.491 e. The molecule has 0 spiro atoms. The number of rotatable bonds is 4. The first kappa shape index (κ1) is 12.7. The number of ether oxygens (including phenoxy) is 1. The van der Waals surface area contributed by atoms with Crippen molar-refractivity contribution in [1.29, 1.82) is 0 Å². The summed E-state index contributed by atoms with van der Waals surface area (Å²) in [5.74, 6) is 1.54. The Labute approximate surface area is 102 Å². The molecule has 0 unspecified atom stereocenters. The summed E-state index contributed by atoms with van der Waals surface area (Å²) in [4.78, 5) is 0. The Bertz CT molecular complexity index is 336. The summed E-state index contributed by atoms with van der Waals surface area (Å²) in [6.07, 6.45) is 0. The Kier molecular flexibility index (Phi) is 4.35. The molecule has 0 aromatic heterocycles. The molecule has 0 amide bonds. The number of thiol groups is 1. The van der Waals surface area contributed by atoms with Crippen LogP contribution in [0.15, 0.2) is 18.2 Å². The molecular weight excluding hydrogens is 228 g/mol. The molecule has 0 N–H and O–H groups in total. The molecule has 15 heavy (non-hydrogen) atoms. The van der Waals surface area contributed by atoms with Crippen molar-refractivity contribution in [3.63, 3.8) is 0 Å². The fraction of sp³-hybridized carbons (Fsp3) is 0.500. The molecule has 1 rings (SSSR count).